The van der Waals surface area contributed by atoms with E-state index in [1.165, 1.54) is 32.1 Å². The molecule has 2 aliphatic carbocycles. The Hall–Kier alpha value is -0.640. The molecule has 0 bridgehead atoms. The van der Waals surface area contributed by atoms with Crippen molar-refractivity contribution in [2.45, 2.75) is 63.8 Å². The summed E-state index contributed by atoms with van der Waals surface area (Å²) in [7, 11) is 0. The fraction of sp³-hybridized carbons (Fsp3) is 0.857. The van der Waals surface area contributed by atoms with E-state index in [0.717, 1.165) is 25.7 Å². The van der Waals surface area contributed by atoms with Gasteiger partial charge in [0.15, 0.2) is 0 Å². The van der Waals surface area contributed by atoms with Crippen LogP contribution in [0.15, 0.2) is 0 Å². The highest BCUT2D eigenvalue weighted by atomic mass is 32.1. The Kier molecular flexibility index (Phi) is 4.98. The van der Waals surface area contributed by atoms with E-state index in [2.05, 4.69) is 5.32 Å². The van der Waals surface area contributed by atoms with Crippen LogP contribution in [0.4, 0.5) is 0 Å². The van der Waals surface area contributed by atoms with Gasteiger partial charge >= 0.3 is 0 Å². The van der Waals surface area contributed by atoms with Gasteiger partial charge in [-0.1, -0.05) is 44.3 Å². The third-order valence-corrected chi connectivity index (χ3v) is 4.43. The van der Waals surface area contributed by atoms with Crippen molar-refractivity contribution in [3.8, 4) is 0 Å². The molecule has 0 heterocycles. The molecule has 1 unspecified atom stereocenters. The van der Waals surface area contributed by atoms with Crippen LogP contribution in [0, 0.1) is 11.8 Å². The van der Waals surface area contributed by atoms with E-state index in [1.807, 2.05) is 0 Å². The van der Waals surface area contributed by atoms with Gasteiger partial charge in [-0.3, -0.25) is 4.79 Å². The average molecular weight is 268 g/mol. The highest BCUT2D eigenvalue weighted by molar-refractivity contribution is 7.80. The number of carbonyl (C=O) groups excluding carboxylic acids is 1. The van der Waals surface area contributed by atoms with Gasteiger partial charge in [-0.25, -0.2) is 0 Å². The minimum absolute atomic E-state index is 0.0575. The molecule has 2 fully saturated rings. The molecule has 1 atom stereocenters. The van der Waals surface area contributed by atoms with Gasteiger partial charge in [0, 0.05) is 5.92 Å². The lowest BCUT2D eigenvalue weighted by molar-refractivity contribution is -0.126. The van der Waals surface area contributed by atoms with E-state index in [9.17, 15) is 4.79 Å². The van der Waals surface area contributed by atoms with Crippen LogP contribution >= 0.6 is 12.2 Å². The van der Waals surface area contributed by atoms with Crippen LogP contribution in [0.25, 0.3) is 0 Å². The quantitative estimate of drug-likeness (QED) is 0.770. The second kappa shape index (κ2) is 6.50. The van der Waals surface area contributed by atoms with Crippen molar-refractivity contribution < 1.29 is 4.79 Å². The molecular weight excluding hydrogens is 244 g/mol. The first-order chi connectivity index (χ1) is 8.68. The maximum absolute atomic E-state index is 12.3. The number of carbonyl (C=O) groups is 1. The zero-order valence-corrected chi connectivity index (χ0v) is 11.8. The van der Waals surface area contributed by atoms with Crippen molar-refractivity contribution in [1.82, 2.24) is 5.32 Å². The lowest BCUT2D eigenvalue weighted by atomic mass is 9.90. The molecule has 2 saturated carbocycles. The Labute approximate surface area is 115 Å². The molecule has 0 aliphatic heterocycles. The summed E-state index contributed by atoms with van der Waals surface area (Å²) in [5.74, 6) is 0.863. The van der Waals surface area contributed by atoms with Crippen molar-refractivity contribution >= 4 is 23.1 Å². The van der Waals surface area contributed by atoms with Crippen LogP contribution in [-0.2, 0) is 4.79 Å². The number of amides is 1. The second-order valence-electron chi connectivity index (χ2n) is 5.77. The molecule has 3 nitrogen and oxygen atoms in total. The second-order valence-corrected chi connectivity index (χ2v) is 6.24. The Morgan fingerprint density at radius 1 is 1.06 bits per heavy atom. The fourth-order valence-electron chi connectivity index (χ4n) is 2.84. The van der Waals surface area contributed by atoms with Gasteiger partial charge in [0.25, 0.3) is 0 Å². The molecular formula is C14H24N2OS. The van der Waals surface area contributed by atoms with Crippen molar-refractivity contribution in [1.29, 1.82) is 0 Å². The van der Waals surface area contributed by atoms with E-state index in [1.54, 1.807) is 0 Å². The summed E-state index contributed by atoms with van der Waals surface area (Å²) in [6, 6.07) is -0.0575. The molecule has 102 valence electrons. The number of nitrogens with one attached hydrogen (secondary N) is 1. The molecule has 4 heteroatoms. The minimum Gasteiger partial charge on any atom is -0.392 e. The summed E-state index contributed by atoms with van der Waals surface area (Å²) in [5, 5.41) is 3.09. The van der Waals surface area contributed by atoms with Crippen LogP contribution in [0.3, 0.4) is 0 Å². The number of hydrogen-bond donors (Lipinski definition) is 2. The van der Waals surface area contributed by atoms with Gasteiger partial charge in [0.1, 0.15) is 0 Å². The summed E-state index contributed by atoms with van der Waals surface area (Å²) >= 11 is 5.06. The lowest BCUT2D eigenvalue weighted by Gasteiger charge is -2.23. The predicted molar refractivity (Wildman–Crippen MR) is 77.2 cm³/mol. The van der Waals surface area contributed by atoms with Crippen molar-refractivity contribution in [2.75, 3.05) is 0 Å². The molecule has 0 aromatic rings. The van der Waals surface area contributed by atoms with Crippen LogP contribution < -0.4 is 11.1 Å². The zero-order valence-electron chi connectivity index (χ0n) is 11.0. The Balaban J connectivity index is 1.86. The first kappa shape index (κ1) is 13.8. The predicted octanol–water partition coefficient (Wildman–Crippen LogP) is 2.53. The van der Waals surface area contributed by atoms with E-state index >= 15 is 0 Å². The third kappa shape index (κ3) is 3.94. The first-order valence-corrected chi connectivity index (χ1v) is 7.69. The highest BCUT2D eigenvalue weighted by Crippen LogP contribution is 2.33. The Morgan fingerprint density at radius 3 is 2.11 bits per heavy atom. The average Bonchev–Trinajstić information content (AvgIpc) is 3.08. The van der Waals surface area contributed by atoms with E-state index in [4.69, 9.17) is 18.0 Å². The number of hydrogen-bond acceptors (Lipinski definition) is 2. The van der Waals surface area contributed by atoms with Crippen molar-refractivity contribution in [3.63, 3.8) is 0 Å². The van der Waals surface area contributed by atoms with Crippen LogP contribution in [0.2, 0.25) is 0 Å². The van der Waals surface area contributed by atoms with Gasteiger partial charge in [-0.15, -0.1) is 0 Å². The van der Waals surface area contributed by atoms with Crippen molar-refractivity contribution in [3.05, 3.63) is 0 Å². The summed E-state index contributed by atoms with van der Waals surface area (Å²) in [5.41, 5.74) is 5.73. The maximum atomic E-state index is 12.3. The van der Waals surface area contributed by atoms with E-state index in [0.29, 0.717) is 10.9 Å². The maximum Gasteiger partial charge on any atom is 0.223 e. The highest BCUT2D eigenvalue weighted by Gasteiger charge is 2.35. The lowest BCUT2D eigenvalue weighted by Crippen LogP contribution is -2.47. The van der Waals surface area contributed by atoms with Gasteiger partial charge in [-0.2, -0.15) is 0 Å². The van der Waals surface area contributed by atoms with E-state index < -0.39 is 0 Å². The van der Waals surface area contributed by atoms with E-state index in [-0.39, 0.29) is 17.9 Å². The van der Waals surface area contributed by atoms with Crippen LogP contribution in [0.5, 0.6) is 0 Å². The third-order valence-electron chi connectivity index (χ3n) is 4.17. The standard InChI is InChI=1S/C14H24N2OS/c15-13(18)12(10-8-9-10)16-14(17)11-6-4-2-1-3-5-7-11/h10-12H,1-9H2,(H2,15,18)(H,16,17). The van der Waals surface area contributed by atoms with Gasteiger partial charge in [0.2, 0.25) is 5.91 Å². The summed E-state index contributed by atoms with van der Waals surface area (Å²) in [6.45, 7) is 0. The SMILES string of the molecule is NC(=S)C(NC(=O)C1CCCCCCC1)C1CC1. The normalized spacial score (nSPS) is 23.8. The molecule has 2 rings (SSSR count). The molecule has 0 saturated heterocycles. The molecule has 3 N–H and O–H groups in total. The molecule has 2 aliphatic rings. The molecule has 0 radical (unpaired) electrons. The van der Waals surface area contributed by atoms with Crippen LogP contribution in [0.1, 0.15) is 57.8 Å². The molecule has 1 amide bonds. The fourth-order valence-corrected chi connectivity index (χ4v) is 3.09. The van der Waals surface area contributed by atoms with Gasteiger partial charge in [0.05, 0.1) is 11.0 Å². The Bertz CT molecular complexity index is 307. The minimum atomic E-state index is -0.0575. The topological polar surface area (TPSA) is 55.1 Å². The molecule has 18 heavy (non-hydrogen) atoms. The Morgan fingerprint density at radius 2 is 1.61 bits per heavy atom. The van der Waals surface area contributed by atoms with Crippen molar-refractivity contribution in [2.24, 2.45) is 17.6 Å². The summed E-state index contributed by atoms with van der Waals surface area (Å²) < 4.78 is 0. The van der Waals surface area contributed by atoms with Gasteiger partial charge in [-0.05, 0) is 31.6 Å². The van der Waals surface area contributed by atoms with Gasteiger partial charge < -0.3 is 11.1 Å². The number of nitrogens with two attached hydrogens (primary N) is 1. The smallest absolute Gasteiger partial charge is 0.223 e. The monoisotopic (exact) mass is 268 g/mol. The zero-order chi connectivity index (χ0) is 13.0. The first-order valence-electron chi connectivity index (χ1n) is 7.28. The molecule has 0 aromatic carbocycles. The molecule has 0 spiro atoms. The van der Waals surface area contributed by atoms with Crippen LogP contribution in [-0.4, -0.2) is 16.9 Å². The largest absolute Gasteiger partial charge is 0.392 e. The molecule has 0 aromatic heterocycles. The summed E-state index contributed by atoms with van der Waals surface area (Å²) in [4.78, 5) is 12.7. The summed E-state index contributed by atoms with van der Waals surface area (Å²) in [6.07, 6.45) is 10.6. The number of thiocarbonyl (C=S) groups is 1. The number of rotatable bonds is 4.